The molecule has 0 saturated carbocycles. The van der Waals surface area contributed by atoms with Crippen LogP contribution in [-0.2, 0) is 10.2 Å². The van der Waals surface area contributed by atoms with E-state index in [1.807, 2.05) is 39.0 Å². The lowest BCUT2D eigenvalue weighted by Crippen LogP contribution is -2.39. The summed E-state index contributed by atoms with van der Waals surface area (Å²) in [6.45, 7) is 5.87. The van der Waals surface area contributed by atoms with Crippen molar-refractivity contribution < 1.29 is 4.79 Å². The Labute approximate surface area is 95.8 Å². The first-order chi connectivity index (χ1) is 7.46. The van der Waals surface area contributed by atoms with Crippen LogP contribution in [0.2, 0.25) is 0 Å². The number of carbonyl (C=O) groups is 1. The fraction of sp³-hybridized carbons (Fsp3) is 0.385. The van der Waals surface area contributed by atoms with Crippen LogP contribution in [0.15, 0.2) is 29.4 Å². The number of rotatable bonds is 1. The predicted octanol–water partition coefficient (Wildman–Crippen LogP) is 2.10. The Morgan fingerprint density at radius 1 is 1.31 bits per heavy atom. The Morgan fingerprint density at radius 2 is 2.00 bits per heavy atom. The van der Waals surface area contributed by atoms with E-state index in [4.69, 9.17) is 0 Å². The number of benzene rings is 1. The van der Waals surface area contributed by atoms with Crippen molar-refractivity contribution in [3.63, 3.8) is 0 Å². The normalized spacial score (nSPS) is 24.9. The minimum Gasteiger partial charge on any atom is -0.271 e. The zero-order valence-electron chi connectivity index (χ0n) is 10.1. The van der Waals surface area contributed by atoms with Crippen molar-refractivity contribution in [1.82, 2.24) is 5.01 Å². The second-order valence-electron chi connectivity index (χ2n) is 4.51. The molecule has 0 radical (unpaired) electrons. The molecule has 0 fully saturated rings. The smallest absolute Gasteiger partial charge is 0.258 e. The van der Waals surface area contributed by atoms with Crippen LogP contribution in [0.5, 0.6) is 0 Å². The summed E-state index contributed by atoms with van der Waals surface area (Å²) in [5.41, 5.74) is 2.43. The number of nitrogens with zero attached hydrogens (tertiary/aromatic N) is 2. The summed E-state index contributed by atoms with van der Waals surface area (Å²) in [6.07, 6.45) is 0. The third-order valence-corrected chi connectivity index (χ3v) is 3.34. The summed E-state index contributed by atoms with van der Waals surface area (Å²) in [6, 6.07) is 8.05. The molecule has 0 aromatic heterocycles. The molecule has 1 amide bonds. The molecule has 0 N–H and O–H groups in total. The van der Waals surface area contributed by atoms with Crippen molar-refractivity contribution in [2.24, 2.45) is 5.10 Å². The molecule has 84 valence electrons. The molecule has 1 aliphatic heterocycles. The highest BCUT2D eigenvalue weighted by molar-refractivity contribution is 6.15. The minimum absolute atomic E-state index is 0.0376. The topological polar surface area (TPSA) is 32.7 Å². The molecule has 0 bridgehead atoms. The van der Waals surface area contributed by atoms with E-state index in [1.165, 1.54) is 5.01 Å². The maximum Gasteiger partial charge on any atom is 0.258 e. The van der Waals surface area contributed by atoms with Crippen LogP contribution in [0.25, 0.3) is 0 Å². The monoisotopic (exact) mass is 216 g/mol. The van der Waals surface area contributed by atoms with Gasteiger partial charge in [0.25, 0.3) is 5.91 Å². The Bertz CT molecular complexity index is 479. The van der Waals surface area contributed by atoms with Crippen molar-refractivity contribution >= 4 is 11.6 Å². The van der Waals surface area contributed by atoms with Crippen molar-refractivity contribution in [2.75, 3.05) is 7.05 Å². The van der Waals surface area contributed by atoms with Crippen molar-refractivity contribution in [2.45, 2.75) is 26.2 Å². The Balaban J connectivity index is 2.55. The van der Waals surface area contributed by atoms with Crippen molar-refractivity contribution in [1.29, 1.82) is 0 Å². The maximum absolute atomic E-state index is 12.2. The highest BCUT2D eigenvalue weighted by Crippen LogP contribution is 2.32. The molecule has 0 aliphatic carbocycles. The zero-order chi connectivity index (χ0) is 11.9. The van der Waals surface area contributed by atoms with Gasteiger partial charge in [0.05, 0.1) is 5.71 Å². The van der Waals surface area contributed by atoms with Crippen LogP contribution in [0.1, 0.15) is 25.0 Å². The lowest BCUT2D eigenvalue weighted by molar-refractivity contribution is -0.131. The Hall–Kier alpha value is -1.64. The highest BCUT2D eigenvalue weighted by Gasteiger charge is 2.45. The fourth-order valence-corrected chi connectivity index (χ4v) is 2.14. The summed E-state index contributed by atoms with van der Waals surface area (Å²) in [5.74, 6) is 0.0376. The van der Waals surface area contributed by atoms with E-state index < -0.39 is 5.41 Å². The predicted molar refractivity (Wildman–Crippen MR) is 64.4 cm³/mol. The molecule has 3 heteroatoms. The van der Waals surface area contributed by atoms with Crippen LogP contribution < -0.4 is 0 Å². The van der Waals surface area contributed by atoms with E-state index in [0.29, 0.717) is 0 Å². The Morgan fingerprint density at radius 3 is 2.50 bits per heavy atom. The first-order valence-corrected chi connectivity index (χ1v) is 5.37. The summed E-state index contributed by atoms with van der Waals surface area (Å²) in [5, 5.41) is 5.66. The summed E-state index contributed by atoms with van der Waals surface area (Å²) in [7, 11) is 1.70. The van der Waals surface area contributed by atoms with Crippen molar-refractivity contribution in [3.8, 4) is 0 Å². The van der Waals surface area contributed by atoms with Gasteiger partial charge in [-0.05, 0) is 26.3 Å². The summed E-state index contributed by atoms with van der Waals surface area (Å²) < 4.78 is 0. The van der Waals surface area contributed by atoms with Gasteiger partial charge in [0, 0.05) is 7.05 Å². The highest BCUT2D eigenvalue weighted by atomic mass is 16.2. The third kappa shape index (κ3) is 1.35. The van der Waals surface area contributed by atoms with Gasteiger partial charge in [0.2, 0.25) is 0 Å². The molecule has 3 nitrogen and oxygen atoms in total. The lowest BCUT2D eigenvalue weighted by atomic mass is 9.78. The second kappa shape index (κ2) is 3.44. The molecule has 1 aromatic rings. The van der Waals surface area contributed by atoms with Crippen molar-refractivity contribution in [3.05, 3.63) is 35.4 Å². The SMILES string of the molecule is CC1=NN(C)C(=O)C1(C)c1cccc(C)c1. The van der Waals surface area contributed by atoms with E-state index in [0.717, 1.165) is 16.8 Å². The van der Waals surface area contributed by atoms with E-state index in [1.54, 1.807) is 7.05 Å². The standard InChI is InChI=1S/C13H16N2O/c1-9-6-5-7-11(8-9)13(3)10(2)14-15(4)12(13)16/h5-8H,1-4H3. The van der Waals surface area contributed by atoms with Gasteiger partial charge in [-0.15, -0.1) is 0 Å². The number of amides is 1. The number of carbonyl (C=O) groups excluding carboxylic acids is 1. The van der Waals surface area contributed by atoms with Crippen LogP contribution >= 0.6 is 0 Å². The first-order valence-electron chi connectivity index (χ1n) is 5.37. The molecule has 2 rings (SSSR count). The van der Waals surface area contributed by atoms with Gasteiger partial charge in [0.15, 0.2) is 0 Å². The average Bonchev–Trinajstić information content (AvgIpc) is 2.44. The number of likely N-dealkylation sites (N-methyl/N-ethyl adjacent to an activating group) is 1. The molecule has 1 heterocycles. The number of hydrogen-bond acceptors (Lipinski definition) is 2. The number of hydrogen-bond donors (Lipinski definition) is 0. The average molecular weight is 216 g/mol. The van der Waals surface area contributed by atoms with Crippen LogP contribution in [-0.4, -0.2) is 23.7 Å². The lowest BCUT2D eigenvalue weighted by Gasteiger charge is -2.23. The van der Waals surface area contributed by atoms with Gasteiger partial charge in [-0.3, -0.25) is 4.79 Å². The Kier molecular flexibility index (Phi) is 2.34. The van der Waals surface area contributed by atoms with Crippen LogP contribution in [0.4, 0.5) is 0 Å². The molecule has 1 aliphatic rings. The zero-order valence-corrected chi connectivity index (χ0v) is 10.1. The largest absolute Gasteiger partial charge is 0.271 e. The fourth-order valence-electron chi connectivity index (χ4n) is 2.14. The van der Waals surface area contributed by atoms with Gasteiger partial charge in [0.1, 0.15) is 5.41 Å². The van der Waals surface area contributed by atoms with E-state index >= 15 is 0 Å². The quantitative estimate of drug-likeness (QED) is 0.707. The summed E-state index contributed by atoms with van der Waals surface area (Å²) in [4.78, 5) is 12.2. The van der Waals surface area contributed by atoms with Crippen LogP contribution in [0.3, 0.4) is 0 Å². The maximum atomic E-state index is 12.2. The molecule has 16 heavy (non-hydrogen) atoms. The van der Waals surface area contributed by atoms with Gasteiger partial charge in [-0.25, -0.2) is 5.01 Å². The van der Waals surface area contributed by atoms with Gasteiger partial charge < -0.3 is 0 Å². The number of hydrazone groups is 1. The third-order valence-electron chi connectivity index (χ3n) is 3.34. The molecular formula is C13H16N2O. The van der Waals surface area contributed by atoms with Gasteiger partial charge >= 0.3 is 0 Å². The number of aryl methyl sites for hydroxylation is 1. The van der Waals surface area contributed by atoms with Gasteiger partial charge in [-0.1, -0.05) is 29.8 Å². The van der Waals surface area contributed by atoms with E-state index in [-0.39, 0.29) is 5.91 Å². The molecule has 0 saturated heterocycles. The first kappa shape index (κ1) is 10.9. The minimum atomic E-state index is -0.596. The molecule has 1 unspecified atom stereocenters. The molecule has 1 atom stereocenters. The van der Waals surface area contributed by atoms with E-state index in [2.05, 4.69) is 11.2 Å². The molecule has 0 spiro atoms. The van der Waals surface area contributed by atoms with Crippen LogP contribution in [0, 0.1) is 6.92 Å². The second-order valence-corrected chi connectivity index (χ2v) is 4.51. The van der Waals surface area contributed by atoms with E-state index in [9.17, 15) is 4.79 Å². The summed E-state index contributed by atoms with van der Waals surface area (Å²) >= 11 is 0. The van der Waals surface area contributed by atoms with Gasteiger partial charge in [-0.2, -0.15) is 5.10 Å². The molecular weight excluding hydrogens is 200 g/mol. The molecule has 1 aromatic carbocycles.